The number of ether oxygens (including phenoxy) is 9. The van der Waals surface area contributed by atoms with E-state index in [1.165, 1.54) is 126 Å². The molecule has 9 rings (SSSR count). The average Bonchev–Trinajstić information content (AvgIpc) is 1.62. The van der Waals surface area contributed by atoms with E-state index >= 15 is 0 Å². The number of anilines is 3. The second kappa shape index (κ2) is 33.5. The van der Waals surface area contributed by atoms with Crippen LogP contribution in [0.25, 0.3) is 11.1 Å². The Hall–Kier alpha value is -10.6. The Morgan fingerprint density at radius 2 is 0.971 bits per heavy atom. The highest BCUT2D eigenvalue weighted by molar-refractivity contribution is 7.89. The Bertz CT molecular complexity index is 4160. The third-order valence-electron chi connectivity index (χ3n) is 17.5. The summed E-state index contributed by atoms with van der Waals surface area (Å²) in [6.45, 7) is 14.8. The Kier molecular flexibility index (Phi) is 24.9. The van der Waals surface area contributed by atoms with Crippen molar-refractivity contribution < 1.29 is 93.0 Å². The molecule has 5 aromatic rings. The number of hydrogen-bond donors (Lipinski definition) is 5. The maximum atomic E-state index is 15.0. The first kappa shape index (κ1) is 76.6. The number of amides is 7. The summed E-state index contributed by atoms with van der Waals surface area (Å²) in [5.74, 6) is -2.61. The lowest BCUT2D eigenvalue weighted by atomic mass is 9.93. The van der Waals surface area contributed by atoms with Crippen molar-refractivity contribution in [3.05, 3.63) is 174 Å². The zero-order valence-corrected chi connectivity index (χ0v) is 60.0. The molecule has 6 atom stereocenters. The monoisotopic (exact) mass is 1460 g/mol. The number of nitrogens with zero attached hydrogens (tertiary/aromatic N) is 4. The van der Waals surface area contributed by atoms with Gasteiger partial charge in [-0.2, -0.15) is 0 Å². The van der Waals surface area contributed by atoms with Crippen molar-refractivity contribution in [2.75, 3.05) is 90.6 Å². The molecule has 2 unspecified atom stereocenters. The molecule has 4 aliphatic rings. The smallest absolute Gasteiger partial charge is 0.416 e. The second-order valence-electron chi connectivity index (χ2n) is 24.2. The van der Waals surface area contributed by atoms with Gasteiger partial charge in [-0.3, -0.25) is 19.2 Å². The molecule has 0 aromatic heterocycles. The number of sulfonamides is 2. The summed E-state index contributed by atoms with van der Waals surface area (Å²) >= 11 is 0. The standard InChI is InChI=1S/C72H83N9O20S2/c1-13-28-97-70(86)77-63(42(4)5)65(83)75-43(6)64(82)76-50-32-44(40-100-61-38-55-53(36-59(61)93-9)66(84)78-26-24-48(46-16-20-51(21-17-46)102(89,90)73-7)34-57(78)68(95-11)80(55)71(87)98-29-14-2)31-45(33-50)41-101-62-39-56-54(37-60(62)94-10)67(85)79-27-25-49(47-18-22-52(23-19-47)103(91,92)74-8)35-58(79)69(96-12)81(56)72(88)99-30-15-3/h13-25,31-33,36-39,42-43,57-58,63,68-69,73-74H,1-3,26-30,34-35,40-41H2,4-12H3,(H,75,83)(H,76,82)(H,77,86)/t43-,57-,58-,63-,68?,69?/m0/s1. The van der Waals surface area contributed by atoms with Crippen LogP contribution >= 0.6 is 0 Å². The summed E-state index contributed by atoms with van der Waals surface area (Å²) in [5.41, 5.74) is 3.87. The molecule has 4 aliphatic heterocycles. The van der Waals surface area contributed by atoms with Crippen LogP contribution in [0.3, 0.4) is 0 Å². The quantitative estimate of drug-likeness (QED) is 0.0235. The van der Waals surface area contributed by atoms with Gasteiger partial charge in [-0.1, -0.05) is 88.2 Å². The molecule has 5 aromatic carbocycles. The van der Waals surface area contributed by atoms with Crippen molar-refractivity contribution in [3.8, 4) is 23.0 Å². The summed E-state index contributed by atoms with van der Waals surface area (Å²) in [4.78, 5) is 105. The SMILES string of the molecule is C=CCOC(=O)N[C@H](C(=O)N[C@@H](C)C(=O)Nc1cc(COc2cc3c(cc2OC)C(=O)N2CC=C(c4ccc(S(=O)(=O)NC)cc4)C[C@H]2C(OC)N3C(=O)OCC=C)cc(COc2cc3c(cc2OC)C(=O)N2CC=C(c4ccc(S(=O)(=O)NC)cc4)C[C@H]2C(OC)N3C(=O)OCC=C)c1)C(C)C. The summed E-state index contributed by atoms with van der Waals surface area (Å²) in [6, 6.07) is 19.1. The van der Waals surface area contributed by atoms with Crippen LogP contribution in [0.5, 0.6) is 23.0 Å². The number of alkyl carbamates (subject to hydrolysis) is 1. The van der Waals surface area contributed by atoms with E-state index in [1.807, 2.05) is 12.2 Å². The number of fused-ring (bicyclic) bond motifs is 4. The molecule has 103 heavy (non-hydrogen) atoms. The number of hydrogen-bond acceptors (Lipinski definition) is 20. The van der Waals surface area contributed by atoms with E-state index in [1.54, 1.807) is 66.1 Å². The molecule has 29 nitrogen and oxygen atoms in total. The first-order valence-corrected chi connectivity index (χ1v) is 35.5. The van der Waals surface area contributed by atoms with Gasteiger partial charge in [-0.05, 0) is 128 Å². The van der Waals surface area contributed by atoms with Gasteiger partial charge in [0.2, 0.25) is 31.9 Å². The van der Waals surface area contributed by atoms with Gasteiger partial charge < -0.3 is 68.4 Å². The van der Waals surface area contributed by atoms with Crippen molar-refractivity contribution in [2.24, 2.45) is 5.92 Å². The van der Waals surface area contributed by atoms with Gasteiger partial charge in [-0.15, -0.1) is 0 Å². The van der Waals surface area contributed by atoms with Gasteiger partial charge in [0.15, 0.2) is 35.5 Å². The molecular weight excluding hydrogens is 1370 g/mol. The number of nitrogens with one attached hydrogen (secondary N) is 5. The molecule has 0 saturated carbocycles. The zero-order valence-electron chi connectivity index (χ0n) is 58.3. The lowest BCUT2D eigenvalue weighted by molar-refractivity contribution is -0.128. The van der Waals surface area contributed by atoms with Crippen LogP contribution in [0.2, 0.25) is 0 Å². The topological polar surface area (TPSA) is 344 Å². The van der Waals surface area contributed by atoms with Gasteiger partial charge in [-0.25, -0.2) is 50.5 Å². The predicted molar refractivity (Wildman–Crippen MR) is 380 cm³/mol. The third-order valence-corrected chi connectivity index (χ3v) is 20.4. The fourth-order valence-electron chi connectivity index (χ4n) is 12.3. The molecule has 0 spiro atoms. The Morgan fingerprint density at radius 1 is 0.553 bits per heavy atom. The Balaban J connectivity index is 1.06. The number of methoxy groups -OCH3 is 4. The Labute approximate surface area is 597 Å². The van der Waals surface area contributed by atoms with Gasteiger partial charge in [0.25, 0.3) is 11.8 Å². The van der Waals surface area contributed by atoms with Crippen molar-refractivity contribution in [1.29, 1.82) is 0 Å². The number of rotatable bonds is 28. The highest BCUT2D eigenvalue weighted by Crippen LogP contribution is 2.46. The first-order valence-electron chi connectivity index (χ1n) is 32.5. The van der Waals surface area contributed by atoms with Crippen LogP contribution in [0.1, 0.15) is 76.6 Å². The lowest BCUT2D eigenvalue weighted by Crippen LogP contribution is -2.55. The molecular formula is C72H83N9O20S2. The van der Waals surface area contributed by atoms with Crippen LogP contribution in [0.15, 0.2) is 151 Å². The minimum atomic E-state index is -3.75. The predicted octanol–water partition coefficient (Wildman–Crippen LogP) is 7.88. The first-order chi connectivity index (χ1) is 49.3. The second-order valence-corrected chi connectivity index (χ2v) is 28.0. The fraction of sp³-hybridized carbons (Fsp3) is 0.347. The number of benzene rings is 5. The molecule has 0 saturated heterocycles. The highest BCUT2D eigenvalue weighted by atomic mass is 32.2. The van der Waals surface area contributed by atoms with E-state index in [0.29, 0.717) is 22.3 Å². The van der Waals surface area contributed by atoms with Crippen LogP contribution < -0.4 is 54.1 Å². The molecule has 0 fully saturated rings. The van der Waals surface area contributed by atoms with Crippen molar-refractivity contribution in [2.45, 2.75) is 93.2 Å². The fourth-order valence-corrected chi connectivity index (χ4v) is 13.8. The van der Waals surface area contributed by atoms with Gasteiger partial charge in [0.05, 0.1) is 58.6 Å². The van der Waals surface area contributed by atoms with E-state index in [2.05, 4.69) is 45.1 Å². The average molecular weight is 1460 g/mol. The maximum absolute atomic E-state index is 15.0. The largest absolute Gasteiger partial charge is 0.493 e. The van der Waals surface area contributed by atoms with E-state index in [0.717, 1.165) is 11.1 Å². The zero-order chi connectivity index (χ0) is 74.6. The molecule has 7 amide bonds. The van der Waals surface area contributed by atoms with Gasteiger partial charge >= 0.3 is 18.3 Å². The molecule has 0 aliphatic carbocycles. The minimum absolute atomic E-state index is 0.0233. The number of carbonyl (C=O) groups is 7. The normalized spacial score (nSPS) is 17.7. The van der Waals surface area contributed by atoms with Crippen LogP contribution in [-0.2, 0) is 66.5 Å². The third kappa shape index (κ3) is 17.0. The summed E-state index contributed by atoms with van der Waals surface area (Å²) in [7, 11) is 0.624. The van der Waals surface area contributed by atoms with Crippen molar-refractivity contribution in [3.63, 3.8) is 0 Å². The highest BCUT2D eigenvalue weighted by Gasteiger charge is 2.48. The van der Waals surface area contributed by atoms with Crippen LogP contribution in [-0.4, -0.2) is 181 Å². The van der Waals surface area contributed by atoms with E-state index in [9.17, 15) is 50.4 Å². The van der Waals surface area contributed by atoms with E-state index in [4.69, 9.17) is 42.6 Å². The molecule has 548 valence electrons. The minimum Gasteiger partial charge on any atom is -0.493 e. The lowest BCUT2D eigenvalue weighted by Gasteiger charge is -2.40. The van der Waals surface area contributed by atoms with Gasteiger partial charge in [0.1, 0.15) is 45.1 Å². The van der Waals surface area contributed by atoms with Crippen LogP contribution in [0.4, 0.5) is 31.4 Å². The van der Waals surface area contributed by atoms with Gasteiger partial charge in [0, 0.05) is 45.1 Å². The summed E-state index contributed by atoms with van der Waals surface area (Å²) in [5, 5.41) is 8.05. The summed E-state index contributed by atoms with van der Waals surface area (Å²) in [6.07, 6.45) is 3.06. The van der Waals surface area contributed by atoms with Crippen LogP contribution in [0, 0.1) is 5.92 Å². The van der Waals surface area contributed by atoms with Crippen molar-refractivity contribution >= 4 is 90.2 Å². The molecule has 5 N–H and O–H groups in total. The maximum Gasteiger partial charge on any atom is 0.416 e. The molecule has 0 radical (unpaired) electrons. The molecule has 0 bridgehead atoms. The van der Waals surface area contributed by atoms with Crippen molar-refractivity contribution in [1.82, 2.24) is 29.9 Å². The van der Waals surface area contributed by atoms with E-state index < -0.39 is 104 Å². The summed E-state index contributed by atoms with van der Waals surface area (Å²) < 4.78 is 109. The molecule has 31 heteroatoms. The number of carbonyl (C=O) groups excluding carboxylic acids is 7. The Morgan fingerprint density at radius 3 is 1.35 bits per heavy atom. The molecule has 4 heterocycles. The van der Waals surface area contributed by atoms with E-state index in [-0.39, 0.29) is 120 Å².